The maximum absolute atomic E-state index is 13.9. The zero-order valence-electron chi connectivity index (χ0n) is 18.4. The SMILES string of the molecule is CNC(=O)c1cc(C(=O)NCC[C@H]2OC[C@H](N)CO2)cc2c1O[C@H](CF)[C@H]2c1ccccc1. The van der Waals surface area contributed by atoms with Gasteiger partial charge in [-0.25, -0.2) is 4.39 Å². The predicted molar refractivity (Wildman–Crippen MR) is 119 cm³/mol. The number of nitrogens with two attached hydrogens (primary N) is 1. The van der Waals surface area contributed by atoms with Crippen molar-refractivity contribution >= 4 is 11.8 Å². The Morgan fingerprint density at radius 2 is 1.85 bits per heavy atom. The fraction of sp³-hybridized carbons (Fsp3) is 0.417. The van der Waals surface area contributed by atoms with Crippen molar-refractivity contribution in [2.75, 3.05) is 33.5 Å². The summed E-state index contributed by atoms with van der Waals surface area (Å²) in [6.07, 6.45) is -0.741. The molecule has 33 heavy (non-hydrogen) atoms. The summed E-state index contributed by atoms with van der Waals surface area (Å²) in [4.78, 5) is 25.5. The van der Waals surface area contributed by atoms with Crippen LogP contribution in [0.2, 0.25) is 0 Å². The Kier molecular flexibility index (Phi) is 7.22. The summed E-state index contributed by atoms with van der Waals surface area (Å²) < 4.78 is 30.7. The van der Waals surface area contributed by atoms with Gasteiger partial charge >= 0.3 is 0 Å². The van der Waals surface area contributed by atoms with Gasteiger partial charge in [0, 0.05) is 31.1 Å². The first-order chi connectivity index (χ1) is 16.0. The first kappa shape index (κ1) is 23.2. The molecular weight excluding hydrogens is 429 g/mol. The van der Waals surface area contributed by atoms with E-state index in [0.29, 0.717) is 43.1 Å². The third kappa shape index (κ3) is 5.00. The number of hydrogen-bond acceptors (Lipinski definition) is 6. The zero-order valence-corrected chi connectivity index (χ0v) is 18.4. The van der Waals surface area contributed by atoms with Gasteiger partial charge in [-0.2, -0.15) is 0 Å². The van der Waals surface area contributed by atoms with Crippen molar-refractivity contribution in [3.8, 4) is 5.75 Å². The van der Waals surface area contributed by atoms with E-state index in [1.54, 1.807) is 6.07 Å². The molecule has 2 atom stereocenters. The van der Waals surface area contributed by atoms with Crippen molar-refractivity contribution in [2.45, 2.75) is 30.8 Å². The number of nitrogens with one attached hydrogen (secondary N) is 2. The highest BCUT2D eigenvalue weighted by atomic mass is 19.1. The number of ether oxygens (including phenoxy) is 3. The first-order valence-corrected chi connectivity index (χ1v) is 11.0. The number of benzene rings is 2. The number of carbonyl (C=O) groups excluding carboxylic acids is 2. The van der Waals surface area contributed by atoms with Gasteiger partial charge in [-0.3, -0.25) is 9.59 Å². The van der Waals surface area contributed by atoms with E-state index in [9.17, 15) is 14.0 Å². The first-order valence-electron chi connectivity index (χ1n) is 11.0. The Morgan fingerprint density at radius 1 is 1.12 bits per heavy atom. The van der Waals surface area contributed by atoms with Crippen LogP contribution < -0.4 is 21.1 Å². The molecule has 8 nitrogen and oxygen atoms in total. The van der Waals surface area contributed by atoms with E-state index in [1.165, 1.54) is 13.1 Å². The number of halogens is 1. The molecule has 1 saturated heterocycles. The Labute approximate surface area is 191 Å². The van der Waals surface area contributed by atoms with E-state index in [0.717, 1.165) is 5.56 Å². The van der Waals surface area contributed by atoms with Crippen molar-refractivity contribution in [1.82, 2.24) is 10.6 Å². The second-order valence-corrected chi connectivity index (χ2v) is 8.12. The lowest BCUT2D eigenvalue weighted by atomic mass is 9.86. The largest absolute Gasteiger partial charge is 0.486 e. The molecule has 4 N–H and O–H groups in total. The van der Waals surface area contributed by atoms with Gasteiger partial charge in [0.1, 0.15) is 18.5 Å². The van der Waals surface area contributed by atoms with Gasteiger partial charge in [0.25, 0.3) is 11.8 Å². The summed E-state index contributed by atoms with van der Waals surface area (Å²) in [7, 11) is 1.49. The van der Waals surface area contributed by atoms with E-state index < -0.39 is 30.9 Å². The van der Waals surface area contributed by atoms with Gasteiger partial charge in [-0.1, -0.05) is 30.3 Å². The molecule has 0 aromatic heterocycles. The number of hydrogen-bond donors (Lipinski definition) is 3. The van der Waals surface area contributed by atoms with Crippen LogP contribution in [0.15, 0.2) is 42.5 Å². The predicted octanol–water partition coefficient (Wildman–Crippen LogP) is 1.73. The number of amides is 2. The number of alkyl halides is 1. The van der Waals surface area contributed by atoms with Crippen LogP contribution in [0.5, 0.6) is 5.75 Å². The molecule has 0 unspecified atom stereocenters. The van der Waals surface area contributed by atoms with E-state index >= 15 is 0 Å². The third-order valence-electron chi connectivity index (χ3n) is 5.80. The van der Waals surface area contributed by atoms with Crippen LogP contribution in [-0.2, 0) is 9.47 Å². The molecule has 1 fully saturated rings. The average Bonchev–Trinajstić information content (AvgIpc) is 3.23. The van der Waals surface area contributed by atoms with E-state index in [2.05, 4.69) is 10.6 Å². The molecule has 2 aliphatic heterocycles. The number of rotatable bonds is 7. The van der Waals surface area contributed by atoms with Crippen LogP contribution in [-0.4, -0.2) is 63.7 Å². The maximum Gasteiger partial charge on any atom is 0.254 e. The Morgan fingerprint density at radius 3 is 2.52 bits per heavy atom. The highest BCUT2D eigenvalue weighted by Crippen LogP contribution is 2.45. The lowest BCUT2D eigenvalue weighted by molar-refractivity contribution is -0.186. The molecule has 2 aromatic rings. The molecule has 2 aromatic carbocycles. The summed E-state index contributed by atoms with van der Waals surface area (Å²) in [5, 5.41) is 5.40. The van der Waals surface area contributed by atoms with Gasteiger partial charge in [-0.05, 0) is 17.7 Å². The molecule has 4 rings (SSSR count). The molecule has 176 valence electrons. The zero-order chi connectivity index (χ0) is 23.4. The molecule has 2 amide bonds. The summed E-state index contributed by atoms with van der Waals surface area (Å²) in [5.74, 6) is -0.892. The molecule has 0 aliphatic carbocycles. The third-order valence-corrected chi connectivity index (χ3v) is 5.80. The molecule has 9 heteroatoms. The van der Waals surface area contributed by atoms with Gasteiger partial charge in [0.2, 0.25) is 0 Å². The molecule has 0 radical (unpaired) electrons. The van der Waals surface area contributed by atoms with Crippen molar-refractivity contribution in [3.05, 3.63) is 64.7 Å². The van der Waals surface area contributed by atoms with Crippen LogP contribution in [0.3, 0.4) is 0 Å². The summed E-state index contributed by atoms with van der Waals surface area (Å²) in [5.41, 5.74) is 7.69. The molecular formula is C24H28FN3O5. The number of fused-ring (bicyclic) bond motifs is 1. The van der Waals surface area contributed by atoms with Crippen molar-refractivity contribution in [3.63, 3.8) is 0 Å². The van der Waals surface area contributed by atoms with Crippen LogP contribution in [0.25, 0.3) is 0 Å². The normalized spacial score (nSPS) is 24.0. The van der Waals surface area contributed by atoms with Crippen LogP contribution in [0, 0.1) is 0 Å². The molecule has 0 saturated carbocycles. The molecule has 2 aliphatic rings. The van der Waals surface area contributed by atoms with E-state index in [1.807, 2.05) is 30.3 Å². The lowest BCUT2D eigenvalue weighted by Crippen LogP contribution is -2.42. The summed E-state index contributed by atoms with van der Waals surface area (Å²) in [6.45, 7) is 0.413. The number of carbonyl (C=O) groups is 2. The van der Waals surface area contributed by atoms with E-state index in [-0.39, 0.29) is 17.5 Å². The van der Waals surface area contributed by atoms with Crippen LogP contribution in [0.1, 0.15) is 44.2 Å². The average molecular weight is 458 g/mol. The monoisotopic (exact) mass is 457 g/mol. The molecule has 0 bridgehead atoms. The van der Waals surface area contributed by atoms with Gasteiger partial charge in [0.05, 0.1) is 30.7 Å². The molecule has 0 spiro atoms. The van der Waals surface area contributed by atoms with Crippen molar-refractivity contribution < 1.29 is 28.2 Å². The minimum absolute atomic E-state index is 0.140. The van der Waals surface area contributed by atoms with Gasteiger partial charge < -0.3 is 30.6 Å². The lowest BCUT2D eigenvalue weighted by Gasteiger charge is -2.27. The van der Waals surface area contributed by atoms with Gasteiger partial charge in [0.15, 0.2) is 6.29 Å². The highest BCUT2D eigenvalue weighted by molar-refractivity contribution is 6.02. The van der Waals surface area contributed by atoms with Gasteiger partial charge in [-0.15, -0.1) is 0 Å². The molecule has 2 heterocycles. The summed E-state index contributed by atoms with van der Waals surface area (Å²) in [6, 6.07) is 12.4. The Bertz CT molecular complexity index is 995. The van der Waals surface area contributed by atoms with Crippen LogP contribution >= 0.6 is 0 Å². The standard InChI is InChI=1S/C24H28FN3O5/c1-27-24(30)18-10-15(23(29)28-8-7-20-31-12-16(26)13-32-20)9-17-21(14-5-3-2-4-6-14)19(11-25)33-22(17)18/h2-6,9-10,16,19-21H,7-8,11-13,26H2,1H3,(H,27,30)(H,28,29)/t16-,19-,20-,21+/m1/s1. The minimum Gasteiger partial charge on any atom is -0.486 e. The minimum atomic E-state index is -0.781. The van der Waals surface area contributed by atoms with Crippen molar-refractivity contribution in [2.24, 2.45) is 5.73 Å². The van der Waals surface area contributed by atoms with E-state index in [4.69, 9.17) is 19.9 Å². The fourth-order valence-corrected chi connectivity index (χ4v) is 4.17. The second kappa shape index (κ2) is 10.3. The smallest absolute Gasteiger partial charge is 0.254 e. The fourth-order valence-electron chi connectivity index (χ4n) is 4.17. The topological polar surface area (TPSA) is 112 Å². The Balaban J connectivity index is 1.58. The maximum atomic E-state index is 13.9. The van der Waals surface area contributed by atoms with Crippen molar-refractivity contribution in [1.29, 1.82) is 0 Å². The second-order valence-electron chi connectivity index (χ2n) is 8.12. The Hall–Kier alpha value is -3.01. The quantitative estimate of drug-likeness (QED) is 0.584. The summed E-state index contributed by atoms with van der Waals surface area (Å²) >= 11 is 0. The highest BCUT2D eigenvalue weighted by Gasteiger charge is 2.39. The van der Waals surface area contributed by atoms with Crippen LogP contribution in [0.4, 0.5) is 4.39 Å².